The van der Waals surface area contributed by atoms with E-state index in [4.69, 9.17) is 27.9 Å². The highest BCUT2D eigenvalue weighted by molar-refractivity contribution is 6.18. The number of alkyl halides is 2. The lowest BCUT2D eigenvalue weighted by Gasteiger charge is -2.20. The predicted molar refractivity (Wildman–Crippen MR) is 85.6 cm³/mol. The van der Waals surface area contributed by atoms with Gasteiger partial charge in [-0.2, -0.15) is 0 Å². The highest BCUT2D eigenvalue weighted by Gasteiger charge is 2.17. The molecule has 0 N–H and O–H groups in total. The fourth-order valence-electron chi connectivity index (χ4n) is 1.91. The second-order valence-corrected chi connectivity index (χ2v) is 5.32. The fraction of sp³-hybridized carbons (Fsp3) is 0.571. The Morgan fingerprint density at radius 1 is 1.29 bits per heavy atom. The molecular weight excluding hydrogens is 315 g/mol. The molecule has 5 nitrogen and oxygen atoms in total. The maximum absolute atomic E-state index is 11.1. The van der Waals surface area contributed by atoms with Crippen LogP contribution in [0.3, 0.4) is 0 Å². The molecule has 1 aromatic rings. The zero-order valence-corrected chi connectivity index (χ0v) is 13.6. The van der Waals surface area contributed by atoms with Gasteiger partial charge in [-0.3, -0.25) is 15.0 Å². The highest BCUT2D eigenvalue weighted by atomic mass is 35.5. The molecule has 21 heavy (non-hydrogen) atoms. The monoisotopic (exact) mass is 334 g/mol. The number of benzene rings is 1. The summed E-state index contributed by atoms with van der Waals surface area (Å²) in [6.07, 6.45) is 0.804. The van der Waals surface area contributed by atoms with E-state index in [2.05, 4.69) is 4.90 Å². The Morgan fingerprint density at radius 2 is 1.95 bits per heavy atom. The molecule has 1 rings (SSSR count). The van der Waals surface area contributed by atoms with Gasteiger partial charge in [0.15, 0.2) is 5.75 Å². The van der Waals surface area contributed by atoms with Crippen LogP contribution < -0.4 is 4.74 Å². The van der Waals surface area contributed by atoms with Crippen LogP contribution in [0.25, 0.3) is 0 Å². The molecule has 0 fully saturated rings. The third kappa shape index (κ3) is 6.08. The molecule has 7 heteroatoms. The van der Waals surface area contributed by atoms with Gasteiger partial charge in [-0.05, 0) is 18.1 Å². The van der Waals surface area contributed by atoms with Crippen LogP contribution in [0, 0.1) is 10.1 Å². The van der Waals surface area contributed by atoms with E-state index in [0.717, 1.165) is 12.0 Å². The number of hydrogen-bond donors (Lipinski definition) is 0. The molecular formula is C14H20Cl2N2O3. The normalized spacial score (nSPS) is 10.9. The van der Waals surface area contributed by atoms with Crippen LogP contribution in [0.2, 0.25) is 0 Å². The number of halogens is 2. The molecule has 0 atom stereocenters. The number of nitrogens with zero attached hydrogens (tertiary/aromatic N) is 2. The van der Waals surface area contributed by atoms with Crippen LogP contribution in [0.1, 0.15) is 18.9 Å². The van der Waals surface area contributed by atoms with E-state index >= 15 is 0 Å². The summed E-state index contributed by atoms with van der Waals surface area (Å²) < 4.78 is 5.41. The molecule has 0 aliphatic carbocycles. The first kappa shape index (κ1) is 18.0. The van der Waals surface area contributed by atoms with E-state index in [1.165, 1.54) is 0 Å². The van der Waals surface area contributed by atoms with E-state index < -0.39 is 4.92 Å². The van der Waals surface area contributed by atoms with Crippen LogP contribution in [0.15, 0.2) is 18.2 Å². The number of ether oxygens (including phenoxy) is 1. The third-order valence-corrected chi connectivity index (χ3v) is 3.23. The van der Waals surface area contributed by atoms with Gasteiger partial charge >= 0.3 is 5.69 Å². The molecule has 118 valence electrons. The van der Waals surface area contributed by atoms with Crippen molar-refractivity contribution in [3.63, 3.8) is 0 Å². The molecule has 0 amide bonds. The maximum atomic E-state index is 11.1. The second-order valence-electron chi connectivity index (χ2n) is 4.56. The average Bonchev–Trinajstić information content (AvgIpc) is 2.46. The quantitative estimate of drug-likeness (QED) is 0.372. The van der Waals surface area contributed by atoms with Crippen molar-refractivity contribution in [3.05, 3.63) is 33.9 Å². The first-order valence-electron chi connectivity index (χ1n) is 6.86. The van der Waals surface area contributed by atoms with Crippen molar-refractivity contribution in [2.45, 2.75) is 19.9 Å². The van der Waals surface area contributed by atoms with Crippen molar-refractivity contribution >= 4 is 28.9 Å². The Hall–Kier alpha value is -1.04. The van der Waals surface area contributed by atoms with Gasteiger partial charge in [0.1, 0.15) is 0 Å². The summed E-state index contributed by atoms with van der Waals surface area (Å²) >= 11 is 11.5. The lowest BCUT2D eigenvalue weighted by molar-refractivity contribution is -0.385. The highest BCUT2D eigenvalue weighted by Crippen LogP contribution is 2.28. The van der Waals surface area contributed by atoms with Gasteiger partial charge in [-0.1, -0.05) is 13.0 Å². The molecule has 0 radical (unpaired) electrons. The fourth-order valence-corrected chi connectivity index (χ4v) is 2.38. The topological polar surface area (TPSA) is 55.6 Å². The lowest BCUT2D eigenvalue weighted by Crippen LogP contribution is -2.27. The van der Waals surface area contributed by atoms with E-state index in [-0.39, 0.29) is 5.69 Å². The Labute approximate surface area is 134 Å². The van der Waals surface area contributed by atoms with E-state index in [9.17, 15) is 10.1 Å². The molecule has 0 aromatic heterocycles. The van der Waals surface area contributed by atoms with E-state index in [1.807, 2.05) is 13.0 Å². The third-order valence-electron chi connectivity index (χ3n) is 2.89. The zero-order chi connectivity index (χ0) is 15.7. The van der Waals surface area contributed by atoms with Gasteiger partial charge in [-0.15, -0.1) is 23.2 Å². The predicted octanol–water partition coefficient (Wildman–Crippen LogP) is 3.66. The summed E-state index contributed by atoms with van der Waals surface area (Å²) in [4.78, 5) is 12.8. The van der Waals surface area contributed by atoms with Crippen molar-refractivity contribution < 1.29 is 9.66 Å². The number of rotatable bonds is 10. The second kappa shape index (κ2) is 9.82. The van der Waals surface area contributed by atoms with E-state index in [1.54, 1.807) is 12.1 Å². The number of hydrogen-bond acceptors (Lipinski definition) is 4. The molecule has 0 heterocycles. The van der Waals surface area contributed by atoms with Crippen molar-refractivity contribution in [1.82, 2.24) is 4.90 Å². The van der Waals surface area contributed by atoms with Crippen LogP contribution in [0.4, 0.5) is 5.69 Å². The Bertz CT molecular complexity index is 452. The SMILES string of the molecule is CCCOc1ccc(CN(CCCl)CCCl)cc1[N+](=O)[O-]. The molecule has 0 unspecified atom stereocenters. The molecule has 0 aliphatic heterocycles. The molecule has 0 aliphatic rings. The Kier molecular flexibility index (Phi) is 8.42. The standard InChI is InChI=1S/C14H20Cl2N2O3/c1-2-9-21-14-4-3-12(10-13(14)18(19)20)11-17(7-5-15)8-6-16/h3-4,10H,2,5-9,11H2,1H3. The summed E-state index contributed by atoms with van der Waals surface area (Å²) in [6, 6.07) is 5.05. The minimum atomic E-state index is -0.415. The molecule has 1 aromatic carbocycles. The number of nitro groups is 1. The average molecular weight is 335 g/mol. The van der Waals surface area contributed by atoms with Gasteiger partial charge in [0, 0.05) is 37.5 Å². The maximum Gasteiger partial charge on any atom is 0.311 e. The first-order chi connectivity index (χ1) is 10.1. The minimum absolute atomic E-state index is 0.00218. The van der Waals surface area contributed by atoms with Crippen LogP contribution >= 0.6 is 23.2 Å². The summed E-state index contributed by atoms with van der Waals surface area (Å²) in [5.74, 6) is 1.31. The van der Waals surface area contributed by atoms with E-state index in [0.29, 0.717) is 43.8 Å². The molecule has 0 saturated heterocycles. The smallest absolute Gasteiger partial charge is 0.311 e. The summed E-state index contributed by atoms with van der Waals surface area (Å²) in [7, 11) is 0. The Balaban J connectivity index is 2.88. The molecule has 0 saturated carbocycles. The first-order valence-corrected chi connectivity index (χ1v) is 7.93. The Morgan fingerprint density at radius 3 is 2.48 bits per heavy atom. The lowest BCUT2D eigenvalue weighted by atomic mass is 10.1. The van der Waals surface area contributed by atoms with Crippen LogP contribution in [-0.2, 0) is 6.54 Å². The molecule has 0 bridgehead atoms. The largest absolute Gasteiger partial charge is 0.487 e. The van der Waals surface area contributed by atoms with Gasteiger partial charge in [0.2, 0.25) is 0 Å². The summed E-state index contributed by atoms with van der Waals surface area (Å²) in [6.45, 7) is 4.38. The van der Waals surface area contributed by atoms with Gasteiger partial charge in [0.05, 0.1) is 11.5 Å². The molecule has 0 spiro atoms. The van der Waals surface area contributed by atoms with Crippen molar-refractivity contribution in [2.24, 2.45) is 0 Å². The van der Waals surface area contributed by atoms with Gasteiger partial charge < -0.3 is 4.74 Å². The summed E-state index contributed by atoms with van der Waals surface area (Å²) in [5, 5.41) is 11.1. The zero-order valence-electron chi connectivity index (χ0n) is 12.1. The van der Waals surface area contributed by atoms with Crippen LogP contribution in [-0.4, -0.2) is 41.3 Å². The minimum Gasteiger partial charge on any atom is -0.487 e. The van der Waals surface area contributed by atoms with Crippen LogP contribution in [0.5, 0.6) is 5.75 Å². The summed E-state index contributed by atoms with van der Waals surface area (Å²) in [5.41, 5.74) is 0.846. The van der Waals surface area contributed by atoms with Gasteiger partial charge in [-0.25, -0.2) is 0 Å². The van der Waals surface area contributed by atoms with Gasteiger partial charge in [0.25, 0.3) is 0 Å². The van der Waals surface area contributed by atoms with Crippen molar-refractivity contribution in [2.75, 3.05) is 31.5 Å². The van der Waals surface area contributed by atoms with Crippen molar-refractivity contribution in [3.8, 4) is 5.75 Å². The number of nitro benzene ring substituents is 1. The van der Waals surface area contributed by atoms with Crippen molar-refractivity contribution in [1.29, 1.82) is 0 Å².